The van der Waals surface area contributed by atoms with Crippen LogP contribution in [0.3, 0.4) is 0 Å². The summed E-state index contributed by atoms with van der Waals surface area (Å²) in [5.41, 5.74) is 1.92. The van der Waals surface area contributed by atoms with Crippen molar-refractivity contribution in [2.75, 3.05) is 20.2 Å². The van der Waals surface area contributed by atoms with Crippen LogP contribution in [0.1, 0.15) is 29.9 Å². The Morgan fingerprint density at radius 2 is 2.39 bits per heavy atom. The average molecular weight is 334 g/mol. The summed E-state index contributed by atoms with van der Waals surface area (Å²) in [6, 6.07) is 5.45. The largest absolute Gasteiger partial charge is 0.496 e. The van der Waals surface area contributed by atoms with Gasteiger partial charge in [-0.1, -0.05) is 17.7 Å². The zero-order valence-electron chi connectivity index (χ0n) is 13.1. The first kappa shape index (κ1) is 15.9. The van der Waals surface area contributed by atoms with Crippen molar-refractivity contribution in [1.82, 2.24) is 15.1 Å². The number of H-pyrrole nitrogens is 1. The molecule has 1 amide bonds. The van der Waals surface area contributed by atoms with Crippen LogP contribution in [0.4, 0.5) is 0 Å². The zero-order chi connectivity index (χ0) is 16.2. The molecule has 2 aromatic rings. The highest BCUT2D eigenvalue weighted by molar-refractivity contribution is 6.31. The van der Waals surface area contributed by atoms with Crippen LogP contribution >= 0.6 is 11.6 Å². The van der Waals surface area contributed by atoms with E-state index in [9.17, 15) is 4.79 Å². The molecular weight excluding hydrogens is 314 g/mol. The Bertz CT molecular complexity index is 672. The van der Waals surface area contributed by atoms with Gasteiger partial charge in [-0.05, 0) is 30.5 Å². The van der Waals surface area contributed by atoms with Crippen molar-refractivity contribution >= 4 is 17.5 Å². The topological polar surface area (TPSA) is 58.2 Å². The van der Waals surface area contributed by atoms with Crippen molar-refractivity contribution in [2.24, 2.45) is 0 Å². The number of carbonyl (C=O) groups is 1. The number of aromatic amines is 1. The van der Waals surface area contributed by atoms with Crippen molar-refractivity contribution in [1.29, 1.82) is 0 Å². The number of carbonyl (C=O) groups excluding carboxylic acids is 1. The van der Waals surface area contributed by atoms with Crippen LogP contribution in [0, 0.1) is 0 Å². The fraction of sp³-hybridized carbons (Fsp3) is 0.412. The molecule has 1 N–H and O–H groups in total. The molecule has 1 aliphatic rings. The van der Waals surface area contributed by atoms with Crippen LogP contribution in [-0.2, 0) is 11.2 Å². The molecule has 0 bridgehead atoms. The molecule has 1 saturated heterocycles. The van der Waals surface area contributed by atoms with Gasteiger partial charge in [-0.25, -0.2) is 0 Å². The molecule has 122 valence electrons. The Morgan fingerprint density at radius 3 is 3.13 bits per heavy atom. The van der Waals surface area contributed by atoms with Crippen LogP contribution in [0.15, 0.2) is 30.6 Å². The fourth-order valence-electron chi connectivity index (χ4n) is 3.12. The number of aromatic nitrogens is 2. The number of hydrogen-bond donors (Lipinski definition) is 1. The van der Waals surface area contributed by atoms with Gasteiger partial charge >= 0.3 is 0 Å². The molecule has 0 spiro atoms. The Morgan fingerprint density at radius 1 is 1.52 bits per heavy atom. The highest BCUT2D eigenvalue weighted by Gasteiger charge is 2.26. The van der Waals surface area contributed by atoms with Gasteiger partial charge < -0.3 is 9.64 Å². The Kier molecular flexibility index (Phi) is 4.86. The second-order valence-corrected chi connectivity index (χ2v) is 6.22. The lowest BCUT2D eigenvalue weighted by Crippen LogP contribution is -2.40. The Hall–Kier alpha value is -2.01. The van der Waals surface area contributed by atoms with E-state index < -0.39 is 0 Å². The third kappa shape index (κ3) is 3.50. The van der Waals surface area contributed by atoms with E-state index in [0.29, 0.717) is 16.7 Å². The molecule has 2 heterocycles. The van der Waals surface area contributed by atoms with E-state index in [1.165, 1.54) is 0 Å². The summed E-state index contributed by atoms with van der Waals surface area (Å²) in [6.07, 6.45) is 6.10. The molecule has 6 heteroatoms. The van der Waals surface area contributed by atoms with Gasteiger partial charge in [0.25, 0.3) is 0 Å². The van der Waals surface area contributed by atoms with Gasteiger partial charge in [-0.2, -0.15) is 5.10 Å². The molecule has 1 atom stereocenters. The Labute approximate surface area is 140 Å². The molecule has 0 radical (unpaired) electrons. The maximum atomic E-state index is 12.7. The van der Waals surface area contributed by atoms with Crippen molar-refractivity contribution in [2.45, 2.75) is 25.2 Å². The SMILES string of the molecule is COc1cccc(Cl)c1CC(=O)N1CCCC(c2cn[nH]c2)C1. The van der Waals surface area contributed by atoms with Crippen LogP contribution in [0.2, 0.25) is 5.02 Å². The molecule has 1 aliphatic heterocycles. The smallest absolute Gasteiger partial charge is 0.227 e. The maximum absolute atomic E-state index is 12.7. The number of nitrogens with zero attached hydrogens (tertiary/aromatic N) is 2. The van der Waals surface area contributed by atoms with Crippen LogP contribution in [0.5, 0.6) is 5.75 Å². The second kappa shape index (κ2) is 7.04. The summed E-state index contributed by atoms with van der Waals surface area (Å²) in [5, 5.41) is 7.42. The molecular formula is C17H20ClN3O2. The van der Waals surface area contributed by atoms with E-state index in [1.807, 2.05) is 29.4 Å². The van der Waals surface area contributed by atoms with Crippen LogP contribution < -0.4 is 4.74 Å². The predicted octanol–water partition coefficient (Wildman–Crippen LogP) is 3.02. The monoisotopic (exact) mass is 333 g/mol. The van der Waals surface area contributed by atoms with Gasteiger partial charge in [-0.15, -0.1) is 0 Å². The normalized spacial score (nSPS) is 18.0. The van der Waals surface area contributed by atoms with E-state index in [-0.39, 0.29) is 12.3 Å². The summed E-state index contributed by atoms with van der Waals surface area (Å²) in [5.74, 6) is 1.10. The number of likely N-dealkylation sites (tertiary alicyclic amines) is 1. The summed E-state index contributed by atoms with van der Waals surface area (Å²) >= 11 is 6.24. The first-order valence-corrected chi connectivity index (χ1v) is 8.14. The van der Waals surface area contributed by atoms with Crippen molar-refractivity contribution in [3.8, 4) is 5.75 Å². The highest BCUT2D eigenvalue weighted by atomic mass is 35.5. The van der Waals surface area contributed by atoms with Gasteiger partial charge in [0.2, 0.25) is 5.91 Å². The van der Waals surface area contributed by atoms with Gasteiger partial charge in [0.05, 0.1) is 19.7 Å². The molecule has 1 aromatic carbocycles. The summed E-state index contributed by atoms with van der Waals surface area (Å²) in [4.78, 5) is 14.6. The van der Waals surface area contributed by atoms with Crippen molar-refractivity contribution in [3.63, 3.8) is 0 Å². The van der Waals surface area contributed by atoms with Gasteiger partial charge in [0.1, 0.15) is 5.75 Å². The molecule has 23 heavy (non-hydrogen) atoms. The second-order valence-electron chi connectivity index (χ2n) is 5.81. The van der Waals surface area contributed by atoms with Crippen molar-refractivity contribution < 1.29 is 9.53 Å². The van der Waals surface area contributed by atoms with Gasteiger partial charge in [0, 0.05) is 35.8 Å². The lowest BCUT2D eigenvalue weighted by molar-refractivity contribution is -0.131. The zero-order valence-corrected chi connectivity index (χ0v) is 13.8. The van der Waals surface area contributed by atoms with E-state index >= 15 is 0 Å². The minimum Gasteiger partial charge on any atom is -0.496 e. The number of piperidine rings is 1. The summed E-state index contributed by atoms with van der Waals surface area (Å²) < 4.78 is 5.33. The average Bonchev–Trinajstić information content (AvgIpc) is 3.11. The molecule has 0 saturated carbocycles. The quantitative estimate of drug-likeness (QED) is 0.935. The van der Waals surface area contributed by atoms with Gasteiger partial charge in [0.15, 0.2) is 0 Å². The van der Waals surface area contributed by atoms with Gasteiger partial charge in [-0.3, -0.25) is 9.89 Å². The minimum absolute atomic E-state index is 0.0876. The number of methoxy groups -OCH3 is 1. The predicted molar refractivity (Wildman–Crippen MR) is 88.9 cm³/mol. The molecule has 1 fully saturated rings. The lowest BCUT2D eigenvalue weighted by atomic mass is 9.92. The number of halogens is 1. The van der Waals surface area contributed by atoms with Crippen LogP contribution in [-0.4, -0.2) is 41.2 Å². The third-order valence-electron chi connectivity index (χ3n) is 4.39. The maximum Gasteiger partial charge on any atom is 0.227 e. The third-order valence-corrected chi connectivity index (χ3v) is 4.74. The van der Waals surface area contributed by atoms with Crippen molar-refractivity contribution in [3.05, 3.63) is 46.7 Å². The number of benzene rings is 1. The number of amides is 1. The molecule has 3 rings (SSSR count). The van der Waals surface area contributed by atoms with Crippen LogP contribution in [0.25, 0.3) is 0 Å². The Balaban J connectivity index is 1.71. The van der Waals surface area contributed by atoms with E-state index in [2.05, 4.69) is 10.2 Å². The summed E-state index contributed by atoms with van der Waals surface area (Å²) in [6.45, 7) is 1.52. The lowest BCUT2D eigenvalue weighted by Gasteiger charge is -2.32. The van der Waals surface area contributed by atoms with E-state index in [4.69, 9.17) is 16.3 Å². The van der Waals surface area contributed by atoms with E-state index in [1.54, 1.807) is 13.2 Å². The minimum atomic E-state index is 0.0876. The standard InChI is InChI=1S/C17H20ClN3O2/c1-23-16-6-2-5-15(18)14(16)8-17(22)21-7-3-4-12(11-21)13-9-19-20-10-13/h2,5-6,9-10,12H,3-4,7-8,11H2,1H3,(H,19,20). The number of rotatable bonds is 4. The fourth-order valence-corrected chi connectivity index (χ4v) is 3.36. The first-order chi connectivity index (χ1) is 11.2. The van der Waals surface area contributed by atoms with E-state index in [0.717, 1.165) is 37.1 Å². The molecule has 5 nitrogen and oxygen atoms in total. The summed E-state index contributed by atoms with van der Waals surface area (Å²) in [7, 11) is 1.59. The molecule has 1 unspecified atom stereocenters. The number of ether oxygens (including phenoxy) is 1. The number of nitrogens with one attached hydrogen (secondary N) is 1. The molecule has 0 aliphatic carbocycles. The number of hydrogen-bond acceptors (Lipinski definition) is 3. The highest BCUT2D eigenvalue weighted by Crippen LogP contribution is 2.29. The first-order valence-electron chi connectivity index (χ1n) is 7.77. The molecule has 1 aromatic heterocycles.